The normalized spacial score (nSPS) is 15.1. The first-order valence-electron chi connectivity index (χ1n) is 11.7. The lowest BCUT2D eigenvalue weighted by Gasteiger charge is -2.35. The molecule has 1 aromatic heterocycles. The summed E-state index contributed by atoms with van der Waals surface area (Å²) < 4.78 is 12.5. The summed E-state index contributed by atoms with van der Waals surface area (Å²) in [6.07, 6.45) is 4.08. The van der Waals surface area contributed by atoms with Gasteiger partial charge in [-0.2, -0.15) is 5.10 Å². The SMILES string of the molecule is CCCc1cc(C(=O)N(CCOC)CC2CCN(Cc3ccccc3OC)CC2)n(C)n1. The Bertz CT molecular complexity index is 859. The number of aromatic nitrogens is 2. The predicted molar refractivity (Wildman–Crippen MR) is 126 cm³/mol. The zero-order valence-electron chi connectivity index (χ0n) is 20.0. The van der Waals surface area contributed by atoms with Gasteiger partial charge in [0.2, 0.25) is 0 Å². The van der Waals surface area contributed by atoms with Gasteiger partial charge in [0, 0.05) is 39.4 Å². The maximum Gasteiger partial charge on any atom is 0.272 e. The summed E-state index contributed by atoms with van der Waals surface area (Å²) in [6.45, 7) is 6.99. The second-order valence-corrected chi connectivity index (χ2v) is 8.67. The van der Waals surface area contributed by atoms with E-state index in [9.17, 15) is 4.79 Å². The van der Waals surface area contributed by atoms with Crippen LogP contribution in [0, 0.1) is 5.92 Å². The number of para-hydroxylation sites is 1. The van der Waals surface area contributed by atoms with Crippen molar-refractivity contribution in [2.45, 2.75) is 39.2 Å². The molecule has 0 bridgehead atoms. The zero-order chi connectivity index (χ0) is 22.9. The highest BCUT2D eigenvalue weighted by atomic mass is 16.5. The summed E-state index contributed by atoms with van der Waals surface area (Å²) >= 11 is 0. The number of hydrogen-bond acceptors (Lipinski definition) is 5. The molecule has 0 unspecified atom stereocenters. The highest BCUT2D eigenvalue weighted by Gasteiger charge is 2.26. The Labute approximate surface area is 192 Å². The molecule has 7 nitrogen and oxygen atoms in total. The molecule has 1 aliphatic heterocycles. The summed E-state index contributed by atoms with van der Waals surface area (Å²) in [6, 6.07) is 10.2. The number of piperidine rings is 1. The molecule has 1 amide bonds. The number of carbonyl (C=O) groups excluding carboxylic acids is 1. The molecule has 2 aromatic rings. The third kappa shape index (κ3) is 6.33. The third-order valence-electron chi connectivity index (χ3n) is 6.28. The van der Waals surface area contributed by atoms with Gasteiger partial charge in [0.05, 0.1) is 19.4 Å². The summed E-state index contributed by atoms with van der Waals surface area (Å²) in [7, 11) is 5.27. The van der Waals surface area contributed by atoms with Crippen molar-refractivity contribution in [2.75, 3.05) is 47.0 Å². The number of likely N-dealkylation sites (tertiary alicyclic amines) is 1. The quantitative estimate of drug-likeness (QED) is 0.534. The molecule has 7 heteroatoms. The molecule has 1 saturated heterocycles. The van der Waals surface area contributed by atoms with Gasteiger partial charge in [0.1, 0.15) is 11.4 Å². The lowest BCUT2D eigenvalue weighted by Crippen LogP contribution is -2.42. The van der Waals surface area contributed by atoms with Gasteiger partial charge in [0.15, 0.2) is 0 Å². The number of rotatable bonds is 11. The van der Waals surface area contributed by atoms with Gasteiger partial charge in [-0.15, -0.1) is 0 Å². The minimum absolute atomic E-state index is 0.0517. The summed E-state index contributed by atoms with van der Waals surface area (Å²) in [4.78, 5) is 17.8. The van der Waals surface area contributed by atoms with E-state index < -0.39 is 0 Å². The van der Waals surface area contributed by atoms with Gasteiger partial charge in [-0.1, -0.05) is 31.5 Å². The van der Waals surface area contributed by atoms with Crippen molar-refractivity contribution >= 4 is 5.91 Å². The van der Waals surface area contributed by atoms with Crippen LogP contribution in [0.1, 0.15) is 47.9 Å². The van der Waals surface area contributed by atoms with Crippen LogP contribution in [0.5, 0.6) is 5.75 Å². The standard InChI is InChI=1S/C25H38N4O3/c1-5-8-22-17-23(27(2)26-22)25(30)29(15-16-31-3)18-20-11-13-28(14-12-20)19-21-9-6-7-10-24(21)32-4/h6-7,9-10,17,20H,5,8,11-16,18-19H2,1-4H3. The second kappa shape index (κ2) is 12.0. The molecular formula is C25H38N4O3. The van der Waals surface area contributed by atoms with E-state index in [1.54, 1.807) is 18.9 Å². The van der Waals surface area contributed by atoms with Gasteiger partial charge in [-0.25, -0.2) is 0 Å². The van der Waals surface area contributed by atoms with Crippen LogP contribution in [0.2, 0.25) is 0 Å². The summed E-state index contributed by atoms with van der Waals surface area (Å²) in [5.41, 5.74) is 2.87. The van der Waals surface area contributed by atoms with E-state index in [1.807, 2.05) is 30.1 Å². The molecular weight excluding hydrogens is 404 g/mol. The van der Waals surface area contributed by atoms with Crippen LogP contribution in [-0.2, 0) is 24.8 Å². The van der Waals surface area contributed by atoms with Gasteiger partial charge in [-0.05, 0) is 50.4 Å². The second-order valence-electron chi connectivity index (χ2n) is 8.67. The van der Waals surface area contributed by atoms with Gasteiger partial charge in [0.25, 0.3) is 5.91 Å². The van der Waals surface area contributed by atoms with Crippen molar-refractivity contribution in [1.82, 2.24) is 19.6 Å². The zero-order valence-corrected chi connectivity index (χ0v) is 20.0. The van der Waals surface area contributed by atoms with E-state index in [-0.39, 0.29) is 5.91 Å². The maximum atomic E-state index is 13.3. The van der Waals surface area contributed by atoms with Gasteiger partial charge < -0.3 is 14.4 Å². The van der Waals surface area contributed by atoms with Crippen LogP contribution in [0.3, 0.4) is 0 Å². The smallest absolute Gasteiger partial charge is 0.272 e. The number of hydrogen-bond donors (Lipinski definition) is 0. The largest absolute Gasteiger partial charge is 0.496 e. The highest BCUT2D eigenvalue weighted by molar-refractivity contribution is 5.92. The van der Waals surface area contributed by atoms with Crippen LogP contribution in [-0.4, -0.2) is 72.5 Å². The Morgan fingerprint density at radius 2 is 1.97 bits per heavy atom. The number of aryl methyl sites for hydroxylation is 2. The average molecular weight is 443 g/mol. The third-order valence-corrected chi connectivity index (χ3v) is 6.28. The van der Waals surface area contributed by atoms with Crippen molar-refractivity contribution in [3.8, 4) is 5.75 Å². The van der Waals surface area contributed by atoms with E-state index in [4.69, 9.17) is 9.47 Å². The Morgan fingerprint density at radius 3 is 2.66 bits per heavy atom. The van der Waals surface area contributed by atoms with Crippen LogP contribution in [0.4, 0.5) is 0 Å². The Kier molecular flexibility index (Phi) is 9.11. The number of ether oxygens (including phenoxy) is 2. The van der Waals surface area contributed by atoms with Gasteiger partial charge in [-0.3, -0.25) is 14.4 Å². The molecule has 0 radical (unpaired) electrons. The Hall–Kier alpha value is -2.38. The maximum absolute atomic E-state index is 13.3. The Balaban J connectivity index is 1.59. The fraction of sp³-hybridized carbons (Fsp3) is 0.600. The van der Waals surface area contributed by atoms with Crippen LogP contribution in [0.25, 0.3) is 0 Å². The Morgan fingerprint density at radius 1 is 1.22 bits per heavy atom. The van der Waals surface area contributed by atoms with Crippen LogP contribution >= 0.6 is 0 Å². The molecule has 0 atom stereocenters. The predicted octanol–water partition coefficient (Wildman–Crippen LogP) is 3.38. The van der Waals surface area contributed by atoms with Gasteiger partial charge >= 0.3 is 0 Å². The molecule has 32 heavy (non-hydrogen) atoms. The monoisotopic (exact) mass is 442 g/mol. The lowest BCUT2D eigenvalue weighted by molar-refractivity contribution is 0.0607. The minimum Gasteiger partial charge on any atom is -0.496 e. The number of nitrogens with zero attached hydrogens (tertiary/aromatic N) is 4. The number of methoxy groups -OCH3 is 2. The van der Waals surface area contributed by atoms with Crippen LogP contribution < -0.4 is 4.74 Å². The van der Waals surface area contributed by atoms with Crippen molar-refractivity contribution in [3.05, 3.63) is 47.3 Å². The van der Waals surface area contributed by atoms with Crippen molar-refractivity contribution in [3.63, 3.8) is 0 Å². The first kappa shape index (κ1) is 24.3. The molecule has 0 aliphatic carbocycles. The molecule has 2 heterocycles. The number of benzene rings is 1. The van der Waals surface area contributed by atoms with E-state index in [0.717, 1.165) is 63.3 Å². The van der Waals surface area contributed by atoms with E-state index >= 15 is 0 Å². The number of amides is 1. The molecule has 0 N–H and O–H groups in total. The summed E-state index contributed by atoms with van der Waals surface area (Å²) in [5.74, 6) is 1.49. The average Bonchev–Trinajstić information content (AvgIpc) is 3.18. The molecule has 176 valence electrons. The molecule has 1 aromatic carbocycles. The molecule has 0 spiro atoms. The number of carbonyl (C=O) groups is 1. The lowest BCUT2D eigenvalue weighted by atomic mass is 9.95. The van der Waals surface area contributed by atoms with Crippen LogP contribution in [0.15, 0.2) is 30.3 Å². The van der Waals surface area contributed by atoms with E-state index in [2.05, 4.69) is 29.1 Å². The molecule has 1 fully saturated rings. The van der Waals surface area contributed by atoms with Crippen molar-refractivity contribution in [2.24, 2.45) is 13.0 Å². The fourth-order valence-corrected chi connectivity index (χ4v) is 4.46. The van der Waals surface area contributed by atoms with Crippen molar-refractivity contribution < 1.29 is 14.3 Å². The van der Waals surface area contributed by atoms with E-state index in [0.29, 0.717) is 24.8 Å². The fourth-order valence-electron chi connectivity index (χ4n) is 4.46. The first-order chi connectivity index (χ1) is 15.5. The van der Waals surface area contributed by atoms with Crippen molar-refractivity contribution in [1.29, 1.82) is 0 Å². The molecule has 0 saturated carbocycles. The first-order valence-corrected chi connectivity index (χ1v) is 11.7. The molecule has 1 aliphatic rings. The molecule has 3 rings (SSSR count). The highest BCUT2D eigenvalue weighted by Crippen LogP contribution is 2.24. The summed E-state index contributed by atoms with van der Waals surface area (Å²) in [5, 5.41) is 4.52. The minimum atomic E-state index is 0.0517. The topological polar surface area (TPSA) is 59.8 Å². The van der Waals surface area contributed by atoms with E-state index in [1.165, 1.54) is 5.56 Å².